The van der Waals surface area contributed by atoms with E-state index in [4.69, 9.17) is 11.5 Å². The van der Waals surface area contributed by atoms with Crippen LogP contribution >= 0.6 is 0 Å². The van der Waals surface area contributed by atoms with Gasteiger partial charge in [0.05, 0.1) is 0 Å². The average molecular weight is 320 g/mol. The van der Waals surface area contributed by atoms with Gasteiger partial charge in [0.2, 0.25) is 11.8 Å². The highest BCUT2D eigenvalue weighted by atomic mass is 19.1. The molecule has 0 unspecified atom stereocenters. The number of benzene rings is 1. The average Bonchev–Trinajstić information content (AvgIpc) is 2.47. The van der Waals surface area contributed by atoms with E-state index in [-0.39, 0.29) is 12.8 Å². The number of halogens is 1. The van der Waals surface area contributed by atoms with Crippen molar-refractivity contribution in [3.05, 3.63) is 35.6 Å². The molecule has 7 heteroatoms. The van der Waals surface area contributed by atoms with Crippen molar-refractivity contribution in [2.24, 2.45) is 0 Å². The first-order valence-corrected chi connectivity index (χ1v) is 6.81. The van der Waals surface area contributed by atoms with Crippen LogP contribution in [0.4, 0.5) is 4.39 Å². The van der Waals surface area contributed by atoms with Crippen molar-refractivity contribution in [1.82, 2.24) is 10.6 Å². The monoisotopic (exact) mass is 320 g/mol. The molecule has 0 saturated heterocycles. The molecule has 23 heavy (non-hydrogen) atoms. The third-order valence-electron chi connectivity index (χ3n) is 2.98. The SMILES string of the molecule is C#CC[C@H](NC(=O)[C@H](Cc1ccc(F)cc1)NC(C)=O)C(=O)O. The molecule has 0 aliphatic heterocycles. The van der Waals surface area contributed by atoms with Crippen molar-refractivity contribution in [2.75, 3.05) is 0 Å². The van der Waals surface area contributed by atoms with Gasteiger partial charge in [-0.25, -0.2) is 9.18 Å². The molecule has 2 atom stereocenters. The molecule has 0 aliphatic carbocycles. The van der Waals surface area contributed by atoms with Gasteiger partial charge in [0.1, 0.15) is 17.9 Å². The van der Waals surface area contributed by atoms with Gasteiger partial charge in [-0.2, -0.15) is 0 Å². The Hall–Kier alpha value is -2.88. The normalized spacial score (nSPS) is 12.6. The lowest BCUT2D eigenvalue weighted by Crippen LogP contribution is -2.52. The molecule has 1 rings (SSSR count). The highest BCUT2D eigenvalue weighted by molar-refractivity contribution is 5.90. The molecule has 0 radical (unpaired) electrons. The van der Waals surface area contributed by atoms with Gasteiger partial charge in [0.25, 0.3) is 0 Å². The fraction of sp³-hybridized carbons (Fsp3) is 0.312. The van der Waals surface area contributed by atoms with Crippen LogP contribution in [0.2, 0.25) is 0 Å². The van der Waals surface area contributed by atoms with E-state index in [2.05, 4.69) is 16.6 Å². The fourth-order valence-electron chi connectivity index (χ4n) is 1.90. The molecule has 0 saturated carbocycles. The van der Waals surface area contributed by atoms with Gasteiger partial charge < -0.3 is 15.7 Å². The number of carbonyl (C=O) groups is 3. The summed E-state index contributed by atoms with van der Waals surface area (Å²) in [6.45, 7) is 1.24. The van der Waals surface area contributed by atoms with Gasteiger partial charge in [0, 0.05) is 19.8 Å². The van der Waals surface area contributed by atoms with E-state index in [0.29, 0.717) is 5.56 Å². The summed E-state index contributed by atoms with van der Waals surface area (Å²) >= 11 is 0. The second-order valence-electron chi connectivity index (χ2n) is 4.89. The zero-order chi connectivity index (χ0) is 17.4. The van der Waals surface area contributed by atoms with Crippen molar-refractivity contribution in [1.29, 1.82) is 0 Å². The number of amides is 2. The molecule has 2 amide bonds. The van der Waals surface area contributed by atoms with Crippen LogP contribution in [0, 0.1) is 18.2 Å². The summed E-state index contributed by atoms with van der Waals surface area (Å²) in [6.07, 6.45) is 4.98. The summed E-state index contributed by atoms with van der Waals surface area (Å²) in [5.41, 5.74) is 0.615. The lowest BCUT2D eigenvalue weighted by Gasteiger charge is -2.20. The minimum atomic E-state index is -1.26. The van der Waals surface area contributed by atoms with E-state index in [1.165, 1.54) is 31.2 Å². The van der Waals surface area contributed by atoms with Crippen LogP contribution < -0.4 is 10.6 Å². The Bertz CT molecular complexity index is 622. The summed E-state index contributed by atoms with van der Waals surface area (Å²) in [5, 5.41) is 13.7. The van der Waals surface area contributed by atoms with Crippen molar-refractivity contribution < 1.29 is 23.9 Å². The number of carboxylic acid groups (broad SMARTS) is 1. The minimum Gasteiger partial charge on any atom is -0.480 e. The zero-order valence-corrected chi connectivity index (χ0v) is 12.5. The molecule has 1 aromatic carbocycles. The second-order valence-corrected chi connectivity index (χ2v) is 4.89. The van der Waals surface area contributed by atoms with E-state index in [1.54, 1.807) is 0 Å². The van der Waals surface area contributed by atoms with Gasteiger partial charge in [-0.15, -0.1) is 12.3 Å². The molecule has 0 bridgehead atoms. The first kappa shape index (κ1) is 18.2. The van der Waals surface area contributed by atoms with Crippen LogP contribution in [0.5, 0.6) is 0 Å². The maximum absolute atomic E-state index is 12.9. The van der Waals surface area contributed by atoms with Crippen molar-refractivity contribution in [2.45, 2.75) is 31.8 Å². The Balaban J connectivity index is 2.85. The highest BCUT2D eigenvalue weighted by Crippen LogP contribution is 2.07. The molecule has 6 nitrogen and oxygen atoms in total. The van der Waals surface area contributed by atoms with Crippen LogP contribution in [0.25, 0.3) is 0 Å². The maximum atomic E-state index is 12.9. The van der Waals surface area contributed by atoms with Crippen LogP contribution in [0.1, 0.15) is 18.9 Å². The van der Waals surface area contributed by atoms with Gasteiger partial charge in [0.15, 0.2) is 0 Å². The summed E-state index contributed by atoms with van der Waals surface area (Å²) in [7, 11) is 0. The number of nitrogens with one attached hydrogen (secondary N) is 2. The molecule has 3 N–H and O–H groups in total. The number of hydrogen-bond acceptors (Lipinski definition) is 3. The molecule has 0 heterocycles. The van der Waals surface area contributed by atoms with Gasteiger partial charge in [-0.05, 0) is 17.7 Å². The van der Waals surface area contributed by atoms with Crippen molar-refractivity contribution in [3.8, 4) is 12.3 Å². The second kappa shape index (κ2) is 8.54. The molecular formula is C16H17FN2O4. The largest absolute Gasteiger partial charge is 0.480 e. The predicted octanol–water partition coefficient (Wildman–Crippen LogP) is 0.466. The summed E-state index contributed by atoms with van der Waals surface area (Å²) in [4.78, 5) is 34.5. The van der Waals surface area contributed by atoms with E-state index < -0.39 is 35.7 Å². The molecule has 1 aromatic rings. The Kier molecular flexibility index (Phi) is 6.74. The Labute approximate surface area is 133 Å². The van der Waals surface area contributed by atoms with Crippen LogP contribution in [-0.4, -0.2) is 35.0 Å². The summed E-state index contributed by atoms with van der Waals surface area (Å²) in [5.74, 6) is -0.643. The zero-order valence-electron chi connectivity index (χ0n) is 12.5. The van der Waals surface area contributed by atoms with E-state index >= 15 is 0 Å². The number of carboxylic acids is 1. The molecular weight excluding hydrogens is 303 g/mol. The molecule has 0 spiro atoms. The minimum absolute atomic E-state index is 0.0914. The predicted molar refractivity (Wildman–Crippen MR) is 80.7 cm³/mol. The first-order chi connectivity index (χ1) is 10.8. The van der Waals surface area contributed by atoms with Crippen molar-refractivity contribution >= 4 is 17.8 Å². The standard InChI is InChI=1S/C16H17FN2O4/c1-3-4-13(16(22)23)19-15(21)14(18-10(2)20)9-11-5-7-12(17)8-6-11/h1,5-8,13-14H,4,9H2,2H3,(H,18,20)(H,19,21)(H,22,23)/t13-,14-/m0/s1. The Morgan fingerprint density at radius 3 is 2.30 bits per heavy atom. The number of carbonyl (C=O) groups excluding carboxylic acids is 2. The number of hydrogen-bond donors (Lipinski definition) is 3. The van der Waals surface area contributed by atoms with Gasteiger partial charge in [-0.1, -0.05) is 12.1 Å². The van der Waals surface area contributed by atoms with Gasteiger partial charge >= 0.3 is 5.97 Å². The van der Waals surface area contributed by atoms with E-state index in [0.717, 1.165) is 0 Å². The first-order valence-electron chi connectivity index (χ1n) is 6.81. The number of terminal acetylenes is 1. The molecule has 0 aromatic heterocycles. The van der Waals surface area contributed by atoms with Crippen LogP contribution in [-0.2, 0) is 20.8 Å². The lowest BCUT2D eigenvalue weighted by molar-refractivity contribution is -0.142. The quantitative estimate of drug-likeness (QED) is 0.636. The smallest absolute Gasteiger partial charge is 0.327 e. The summed E-state index contributed by atoms with van der Waals surface area (Å²) in [6, 6.07) is 3.20. The Morgan fingerprint density at radius 1 is 1.22 bits per heavy atom. The van der Waals surface area contributed by atoms with Crippen LogP contribution in [0.3, 0.4) is 0 Å². The van der Waals surface area contributed by atoms with Gasteiger partial charge in [-0.3, -0.25) is 9.59 Å². The van der Waals surface area contributed by atoms with E-state index in [1.807, 2.05) is 0 Å². The highest BCUT2D eigenvalue weighted by Gasteiger charge is 2.25. The summed E-state index contributed by atoms with van der Waals surface area (Å²) < 4.78 is 12.9. The third-order valence-corrected chi connectivity index (χ3v) is 2.98. The van der Waals surface area contributed by atoms with E-state index in [9.17, 15) is 18.8 Å². The Morgan fingerprint density at radius 2 is 1.83 bits per heavy atom. The lowest BCUT2D eigenvalue weighted by atomic mass is 10.0. The van der Waals surface area contributed by atoms with Crippen LogP contribution in [0.15, 0.2) is 24.3 Å². The maximum Gasteiger partial charge on any atom is 0.327 e. The molecule has 122 valence electrons. The molecule has 0 aliphatic rings. The third kappa shape index (κ3) is 6.18. The topological polar surface area (TPSA) is 95.5 Å². The number of rotatable bonds is 7. The number of aliphatic carboxylic acids is 1. The van der Waals surface area contributed by atoms with Crippen molar-refractivity contribution in [3.63, 3.8) is 0 Å². The fourth-order valence-corrected chi connectivity index (χ4v) is 1.90. The molecule has 0 fully saturated rings.